The van der Waals surface area contributed by atoms with E-state index in [0.29, 0.717) is 6.54 Å². The largest absolute Gasteiger partial charge is 0.481 e. The van der Waals surface area contributed by atoms with E-state index in [1.54, 1.807) is 0 Å². The van der Waals surface area contributed by atoms with E-state index in [4.69, 9.17) is 15.9 Å². The van der Waals surface area contributed by atoms with E-state index < -0.39 is 35.8 Å². The van der Waals surface area contributed by atoms with Gasteiger partial charge in [-0.1, -0.05) is 0 Å². The van der Waals surface area contributed by atoms with Crippen molar-refractivity contribution in [1.82, 2.24) is 10.6 Å². The molecule has 4 rings (SSSR count). The second kappa shape index (κ2) is 9.32. The van der Waals surface area contributed by atoms with Crippen molar-refractivity contribution in [3.8, 4) is 0 Å². The standard InChI is InChI=1S/C21H33N3O6/c22-15(1-3-17(25)26)19(29)24-16(2-4-18(27)28)20(30)23-11-21-8-12-5-13(9-21)7-14(6-12)10-21/h12-16H,1-11,22H2,(H,23,30)(H,24,29)(H,25,26)(H,27,28). The number of carboxylic acid groups (broad SMARTS) is 2. The number of rotatable bonds is 11. The molecular formula is C21H33N3O6. The van der Waals surface area contributed by atoms with Crippen molar-refractivity contribution < 1.29 is 29.4 Å². The highest BCUT2D eigenvalue weighted by Crippen LogP contribution is 2.59. The molecule has 0 spiro atoms. The molecule has 6 N–H and O–H groups in total. The molecule has 0 aromatic rings. The summed E-state index contributed by atoms with van der Waals surface area (Å²) in [5.41, 5.74) is 5.85. The summed E-state index contributed by atoms with van der Waals surface area (Å²) in [6.07, 6.45) is 6.69. The monoisotopic (exact) mass is 423 g/mol. The lowest BCUT2D eigenvalue weighted by Gasteiger charge is -2.57. The molecule has 0 aromatic carbocycles. The van der Waals surface area contributed by atoms with Gasteiger partial charge in [-0.25, -0.2) is 0 Å². The summed E-state index contributed by atoms with van der Waals surface area (Å²) in [7, 11) is 0. The minimum Gasteiger partial charge on any atom is -0.481 e. The third kappa shape index (κ3) is 5.71. The van der Waals surface area contributed by atoms with Gasteiger partial charge in [0.1, 0.15) is 6.04 Å². The molecular weight excluding hydrogens is 390 g/mol. The maximum absolute atomic E-state index is 12.8. The van der Waals surface area contributed by atoms with E-state index in [1.165, 1.54) is 19.3 Å². The maximum Gasteiger partial charge on any atom is 0.303 e. The summed E-state index contributed by atoms with van der Waals surface area (Å²) >= 11 is 0. The Morgan fingerprint density at radius 2 is 1.37 bits per heavy atom. The van der Waals surface area contributed by atoms with Gasteiger partial charge in [-0.2, -0.15) is 0 Å². The molecule has 9 nitrogen and oxygen atoms in total. The molecule has 4 bridgehead atoms. The highest BCUT2D eigenvalue weighted by molar-refractivity contribution is 5.90. The lowest BCUT2D eigenvalue weighted by molar-refractivity contribution is -0.139. The number of aliphatic carboxylic acids is 2. The van der Waals surface area contributed by atoms with Crippen LogP contribution in [0.15, 0.2) is 0 Å². The molecule has 0 radical (unpaired) electrons. The molecule has 4 saturated carbocycles. The highest BCUT2D eigenvalue weighted by Gasteiger charge is 2.50. The number of carbonyl (C=O) groups is 4. The zero-order chi connectivity index (χ0) is 21.9. The maximum atomic E-state index is 12.8. The van der Waals surface area contributed by atoms with Crippen LogP contribution < -0.4 is 16.4 Å². The molecule has 2 unspecified atom stereocenters. The van der Waals surface area contributed by atoms with Crippen LogP contribution in [0.4, 0.5) is 0 Å². The Morgan fingerprint density at radius 3 is 1.87 bits per heavy atom. The number of nitrogens with two attached hydrogens (primary N) is 1. The molecule has 4 aliphatic rings. The van der Waals surface area contributed by atoms with Gasteiger partial charge in [0.2, 0.25) is 11.8 Å². The van der Waals surface area contributed by atoms with Crippen LogP contribution in [0, 0.1) is 23.2 Å². The zero-order valence-electron chi connectivity index (χ0n) is 17.3. The second-order valence-corrected chi connectivity index (χ2v) is 9.67. The molecule has 0 aromatic heterocycles. The number of carbonyl (C=O) groups excluding carboxylic acids is 2. The first-order chi connectivity index (χ1) is 14.2. The van der Waals surface area contributed by atoms with Gasteiger partial charge in [-0.05, 0) is 74.5 Å². The lowest BCUT2D eigenvalue weighted by Crippen LogP contribution is -2.55. The van der Waals surface area contributed by atoms with Crippen LogP contribution in [0.2, 0.25) is 0 Å². The molecule has 2 atom stereocenters. The fourth-order valence-electron chi connectivity index (χ4n) is 6.13. The first-order valence-electron chi connectivity index (χ1n) is 10.9. The van der Waals surface area contributed by atoms with Gasteiger partial charge in [0, 0.05) is 19.4 Å². The fourth-order valence-corrected chi connectivity index (χ4v) is 6.13. The molecule has 2 amide bonds. The summed E-state index contributed by atoms with van der Waals surface area (Å²) in [4.78, 5) is 46.7. The van der Waals surface area contributed by atoms with Crippen LogP contribution in [0.3, 0.4) is 0 Å². The summed E-state index contributed by atoms with van der Waals surface area (Å²) in [6, 6.07) is -2.07. The van der Waals surface area contributed by atoms with Gasteiger partial charge in [0.25, 0.3) is 0 Å². The van der Waals surface area contributed by atoms with Crippen LogP contribution in [-0.2, 0) is 19.2 Å². The quantitative estimate of drug-likeness (QED) is 0.329. The Bertz CT molecular complexity index is 659. The van der Waals surface area contributed by atoms with Crippen LogP contribution >= 0.6 is 0 Å². The van der Waals surface area contributed by atoms with Gasteiger partial charge >= 0.3 is 11.9 Å². The van der Waals surface area contributed by atoms with Crippen molar-refractivity contribution in [3.05, 3.63) is 0 Å². The number of carboxylic acids is 2. The lowest BCUT2D eigenvalue weighted by atomic mass is 9.49. The number of hydrogen-bond acceptors (Lipinski definition) is 5. The molecule has 0 aliphatic heterocycles. The summed E-state index contributed by atoms with van der Waals surface area (Å²) < 4.78 is 0. The Balaban J connectivity index is 1.56. The second-order valence-electron chi connectivity index (χ2n) is 9.67. The first kappa shape index (κ1) is 22.5. The van der Waals surface area contributed by atoms with Crippen molar-refractivity contribution in [1.29, 1.82) is 0 Å². The highest BCUT2D eigenvalue weighted by atomic mass is 16.4. The summed E-state index contributed by atoms with van der Waals surface area (Å²) in [5, 5.41) is 23.2. The Hall–Kier alpha value is -2.16. The number of amides is 2. The number of hydrogen-bond donors (Lipinski definition) is 5. The van der Waals surface area contributed by atoms with Crippen molar-refractivity contribution in [2.45, 2.75) is 76.3 Å². The van der Waals surface area contributed by atoms with Crippen molar-refractivity contribution in [3.63, 3.8) is 0 Å². The Labute approximate surface area is 176 Å². The van der Waals surface area contributed by atoms with E-state index in [1.807, 2.05) is 0 Å². The van der Waals surface area contributed by atoms with Crippen LogP contribution in [0.25, 0.3) is 0 Å². The van der Waals surface area contributed by atoms with Crippen LogP contribution in [-0.4, -0.2) is 52.6 Å². The van der Waals surface area contributed by atoms with Gasteiger partial charge in [0.15, 0.2) is 0 Å². The molecule has 4 fully saturated rings. The Kier molecular flexibility index (Phi) is 7.00. The van der Waals surface area contributed by atoms with E-state index in [2.05, 4.69) is 10.6 Å². The van der Waals surface area contributed by atoms with Crippen LogP contribution in [0.5, 0.6) is 0 Å². The molecule has 4 aliphatic carbocycles. The van der Waals surface area contributed by atoms with E-state index >= 15 is 0 Å². The fraction of sp³-hybridized carbons (Fsp3) is 0.810. The van der Waals surface area contributed by atoms with Crippen molar-refractivity contribution >= 4 is 23.8 Å². The summed E-state index contributed by atoms with van der Waals surface area (Å²) in [5.74, 6) is -0.900. The third-order valence-corrected chi connectivity index (χ3v) is 7.09. The van der Waals surface area contributed by atoms with E-state index in [9.17, 15) is 19.2 Å². The molecule has 168 valence electrons. The SMILES string of the molecule is NC(CCC(=O)O)C(=O)NC(CCC(=O)O)C(=O)NCC12CC3CC(CC(C3)C1)C2. The minimum absolute atomic E-state index is 0.0422. The average Bonchev–Trinajstić information content (AvgIpc) is 2.66. The predicted molar refractivity (Wildman–Crippen MR) is 107 cm³/mol. The molecule has 0 saturated heterocycles. The molecule has 30 heavy (non-hydrogen) atoms. The van der Waals surface area contributed by atoms with Crippen molar-refractivity contribution in [2.75, 3.05) is 6.54 Å². The van der Waals surface area contributed by atoms with Gasteiger partial charge in [-0.3, -0.25) is 19.2 Å². The number of nitrogens with one attached hydrogen (secondary N) is 2. The van der Waals surface area contributed by atoms with Gasteiger partial charge in [-0.15, -0.1) is 0 Å². The van der Waals surface area contributed by atoms with Gasteiger partial charge < -0.3 is 26.6 Å². The van der Waals surface area contributed by atoms with Gasteiger partial charge in [0.05, 0.1) is 6.04 Å². The normalized spacial score (nSPS) is 31.0. The van der Waals surface area contributed by atoms with E-state index in [0.717, 1.165) is 37.0 Å². The first-order valence-corrected chi connectivity index (χ1v) is 10.9. The topological polar surface area (TPSA) is 159 Å². The third-order valence-electron chi connectivity index (χ3n) is 7.09. The smallest absolute Gasteiger partial charge is 0.303 e. The molecule has 9 heteroatoms. The molecule has 0 heterocycles. The summed E-state index contributed by atoms with van der Waals surface area (Å²) in [6.45, 7) is 0.555. The Morgan fingerprint density at radius 1 is 0.867 bits per heavy atom. The predicted octanol–water partition coefficient (Wildman–Crippen LogP) is 0.861. The zero-order valence-corrected chi connectivity index (χ0v) is 17.3. The van der Waals surface area contributed by atoms with Crippen LogP contribution in [0.1, 0.15) is 64.2 Å². The average molecular weight is 424 g/mol. The van der Waals surface area contributed by atoms with Crippen molar-refractivity contribution in [2.24, 2.45) is 28.9 Å². The van der Waals surface area contributed by atoms with E-state index in [-0.39, 0.29) is 31.1 Å². The minimum atomic E-state index is -1.07.